The molecule has 13 unspecified atom stereocenters. The van der Waals surface area contributed by atoms with E-state index in [9.17, 15) is 29.7 Å². The smallest absolute Gasteiger partial charge is 0.355 e. The first-order chi connectivity index (χ1) is 26.5. The van der Waals surface area contributed by atoms with Crippen molar-refractivity contribution in [2.24, 2.45) is 29.6 Å². The van der Waals surface area contributed by atoms with Crippen LogP contribution in [0.5, 0.6) is 0 Å². The molecule has 13 heteroatoms. The fourth-order valence-corrected chi connectivity index (χ4v) is 8.88. The number of ether oxygens (including phenoxy) is 6. The molecule has 0 amide bonds. The summed E-state index contributed by atoms with van der Waals surface area (Å²) < 4.78 is 37.0. The van der Waals surface area contributed by atoms with E-state index in [-0.39, 0.29) is 61.0 Å². The van der Waals surface area contributed by atoms with Gasteiger partial charge in [-0.3, -0.25) is 9.59 Å². The van der Waals surface area contributed by atoms with Gasteiger partial charge in [0.05, 0.1) is 24.7 Å². The number of hydrogen-bond acceptors (Lipinski definition) is 12. The summed E-state index contributed by atoms with van der Waals surface area (Å²) in [6.45, 7) is 13.3. The molecule has 0 radical (unpaired) electrons. The van der Waals surface area contributed by atoms with Crippen LogP contribution in [0.2, 0.25) is 0 Å². The van der Waals surface area contributed by atoms with E-state index in [4.69, 9.17) is 28.4 Å². The largest absolute Gasteiger partial charge is 0.462 e. The monoisotopic (exact) mass is 781 g/mol. The van der Waals surface area contributed by atoms with Crippen LogP contribution in [0.3, 0.4) is 0 Å². The van der Waals surface area contributed by atoms with E-state index < -0.39 is 77.9 Å². The third kappa shape index (κ3) is 8.63. The van der Waals surface area contributed by atoms with E-state index in [1.54, 1.807) is 24.4 Å². The predicted molar refractivity (Wildman–Crippen MR) is 204 cm³/mol. The lowest BCUT2D eigenvalue weighted by atomic mass is 9.70. The Morgan fingerprint density at radius 2 is 1.88 bits per heavy atom. The number of aliphatic hydroxyl groups is 3. The highest BCUT2D eigenvalue weighted by molar-refractivity contribution is 5.87. The van der Waals surface area contributed by atoms with Crippen LogP contribution in [0.25, 0.3) is 0 Å². The maximum Gasteiger partial charge on any atom is 0.355 e. The van der Waals surface area contributed by atoms with Crippen molar-refractivity contribution in [3.63, 3.8) is 0 Å². The van der Waals surface area contributed by atoms with Crippen LogP contribution in [0, 0.1) is 29.6 Å². The van der Waals surface area contributed by atoms with Crippen molar-refractivity contribution in [2.45, 2.75) is 135 Å². The second kappa shape index (κ2) is 17.1. The Kier molecular flexibility index (Phi) is 12.8. The Morgan fingerprint density at radius 1 is 1.11 bits per heavy atom. The highest BCUT2D eigenvalue weighted by Gasteiger charge is 2.62. The summed E-state index contributed by atoms with van der Waals surface area (Å²) >= 11 is 0. The van der Waals surface area contributed by atoms with Crippen molar-refractivity contribution in [3.8, 4) is 0 Å². The van der Waals surface area contributed by atoms with E-state index >= 15 is 0 Å². The number of esters is 3. The Bertz CT molecular complexity index is 1710. The van der Waals surface area contributed by atoms with Gasteiger partial charge < -0.3 is 48.7 Å². The molecule has 0 saturated carbocycles. The summed E-state index contributed by atoms with van der Waals surface area (Å²) in [5, 5.41) is 36.1. The van der Waals surface area contributed by atoms with Crippen LogP contribution in [-0.4, -0.2) is 106 Å². The van der Waals surface area contributed by atoms with Gasteiger partial charge in [0.1, 0.15) is 54.3 Å². The number of fused-ring (bicyclic) bond motifs is 2. The van der Waals surface area contributed by atoms with E-state index in [2.05, 4.69) is 18.0 Å². The second-order valence-corrected chi connectivity index (χ2v) is 17.0. The van der Waals surface area contributed by atoms with Gasteiger partial charge >= 0.3 is 17.9 Å². The fraction of sp³-hybridized carbons (Fsp3) is 0.651. The summed E-state index contributed by atoms with van der Waals surface area (Å²) in [6, 6.07) is 3.20. The summed E-state index contributed by atoms with van der Waals surface area (Å²) in [4.78, 5) is 43.3. The van der Waals surface area contributed by atoms with Gasteiger partial charge in [-0.15, -0.1) is 0 Å². The molecule has 56 heavy (non-hydrogen) atoms. The number of aromatic nitrogens is 1. The molecule has 5 aliphatic rings. The van der Waals surface area contributed by atoms with Crippen LogP contribution in [0.15, 0.2) is 65.4 Å². The van der Waals surface area contributed by atoms with Crippen LogP contribution >= 0.6 is 0 Å². The quantitative estimate of drug-likeness (QED) is 0.168. The Hall–Kier alpha value is -3.59. The molecule has 13 nitrogen and oxygen atoms in total. The number of aliphatic hydroxyl groups excluding tert-OH is 2. The lowest BCUT2D eigenvalue weighted by molar-refractivity contribution is -0.383. The van der Waals surface area contributed by atoms with Gasteiger partial charge in [-0.2, -0.15) is 0 Å². The van der Waals surface area contributed by atoms with Gasteiger partial charge in [0.25, 0.3) is 0 Å². The second-order valence-electron chi connectivity index (χ2n) is 17.0. The van der Waals surface area contributed by atoms with Gasteiger partial charge in [0.2, 0.25) is 5.79 Å². The molecule has 13 atom stereocenters. The molecule has 1 aromatic heterocycles. The predicted octanol–water partition coefficient (Wildman–Crippen LogP) is 4.87. The number of nitrogens with one attached hydrogen (secondary N) is 1. The Balaban J connectivity index is 1.35. The zero-order chi connectivity index (χ0) is 40.5. The van der Waals surface area contributed by atoms with Crippen molar-refractivity contribution in [1.29, 1.82) is 0 Å². The van der Waals surface area contributed by atoms with Crippen LogP contribution < -0.4 is 0 Å². The molecule has 3 saturated heterocycles. The highest BCUT2D eigenvalue weighted by Crippen LogP contribution is 2.48. The van der Waals surface area contributed by atoms with Crippen molar-refractivity contribution >= 4 is 17.9 Å². The topological polar surface area (TPSA) is 183 Å². The summed E-state index contributed by atoms with van der Waals surface area (Å²) in [6.07, 6.45) is 5.65. The van der Waals surface area contributed by atoms with E-state index in [0.29, 0.717) is 18.4 Å². The minimum Gasteiger partial charge on any atom is -0.462 e. The first-order valence-corrected chi connectivity index (χ1v) is 20.0. The van der Waals surface area contributed by atoms with Gasteiger partial charge in [0, 0.05) is 25.0 Å². The molecular formula is C43H59NO12. The molecule has 1 aromatic rings. The molecule has 4 N–H and O–H groups in total. The molecule has 0 aromatic carbocycles. The third-order valence-electron chi connectivity index (χ3n) is 12.0. The zero-order valence-corrected chi connectivity index (χ0v) is 33.5. The lowest BCUT2D eigenvalue weighted by Crippen LogP contribution is -2.67. The van der Waals surface area contributed by atoms with Crippen LogP contribution in [-0.2, 0) is 38.0 Å². The number of hydrogen-bond donors (Lipinski definition) is 4. The van der Waals surface area contributed by atoms with Crippen molar-refractivity contribution < 1.29 is 58.1 Å². The van der Waals surface area contributed by atoms with E-state index in [1.165, 1.54) is 6.08 Å². The van der Waals surface area contributed by atoms with Crippen molar-refractivity contribution in [2.75, 3.05) is 13.2 Å². The number of rotatable bonds is 7. The number of carbonyl (C=O) groups excluding carboxylic acids is 3. The first kappa shape index (κ1) is 42.0. The zero-order valence-electron chi connectivity index (χ0n) is 33.5. The first-order valence-electron chi connectivity index (χ1n) is 20.0. The average molecular weight is 782 g/mol. The summed E-state index contributed by atoms with van der Waals surface area (Å²) in [7, 11) is 0. The number of H-pyrrole nitrogens is 1. The molecular weight excluding hydrogens is 722 g/mol. The maximum atomic E-state index is 14.5. The summed E-state index contributed by atoms with van der Waals surface area (Å²) in [5.74, 6) is -5.30. The van der Waals surface area contributed by atoms with E-state index in [0.717, 1.165) is 12.0 Å². The van der Waals surface area contributed by atoms with Crippen molar-refractivity contribution in [3.05, 3.63) is 71.1 Å². The minimum atomic E-state index is -2.00. The third-order valence-corrected chi connectivity index (χ3v) is 12.0. The molecule has 308 valence electrons. The van der Waals surface area contributed by atoms with Gasteiger partial charge in [-0.05, 0) is 68.2 Å². The van der Waals surface area contributed by atoms with Gasteiger partial charge in [0.15, 0.2) is 0 Å². The fourth-order valence-electron chi connectivity index (χ4n) is 8.88. The molecule has 3 fully saturated rings. The van der Waals surface area contributed by atoms with E-state index in [1.807, 2.05) is 53.7 Å². The Morgan fingerprint density at radius 3 is 2.59 bits per heavy atom. The molecule has 2 bridgehead atoms. The Labute approximate surface area is 329 Å². The number of carbonyl (C=O) groups is 3. The summed E-state index contributed by atoms with van der Waals surface area (Å²) in [5.41, 5.74) is -0.108. The molecule has 5 heterocycles. The van der Waals surface area contributed by atoms with Crippen LogP contribution in [0.1, 0.15) is 91.1 Å². The highest BCUT2D eigenvalue weighted by atomic mass is 16.7. The lowest BCUT2D eigenvalue weighted by Gasteiger charge is -2.53. The van der Waals surface area contributed by atoms with Crippen LogP contribution in [0.4, 0.5) is 0 Å². The minimum absolute atomic E-state index is 0.0580. The number of allylic oxidation sites excluding steroid dienone is 4. The SMILES string of the molecule is CC1=CCC2CC(CC3(O2)OC(C)C(C)C(OC(=O)C(C)CC(C)C)C3O)OC(=O)C2C=C(COC(=O)c3ccc[nH]3)C(O)C3OCC(=CC=CC(C)C1)C23O. The average Bonchev–Trinajstić information content (AvgIpc) is 3.80. The molecule has 1 aliphatic carbocycles. The molecule has 1 spiro atoms. The van der Waals surface area contributed by atoms with Crippen molar-refractivity contribution in [1.82, 2.24) is 4.98 Å². The maximum absolute atomic E-state index is 14.5. The number of aromatic amines is 1. The van der Waals surface area contributed by atoms with Gasteiger partial charge in [-0.1, -0.05) is 70.6 Å². The molecule has 6 rings (SSSR count). The standard InChI is InChI=1S/C43H59NO12/c1-23(2)16-26(5)39(47)54-36-27(6)28(7)55-42(37(36)46)20-32-19-31(56-42)14-13-25(4)17-24(3)10-8-11-30-22-51-38-35(45)29(18-33(40(48)53-32)43(30,38)50)21-52-41(49)34-12-9-15-44-34/h8-13,15,18,23-24,26-28,31-33,35-38,44-46,50H,14,16-17,19-22H2,1-7H3. The molecule has 4 aliphatic heterocycles. The normalized spacial score (nSPS) is 38.2. The van der Waals surface area contributed by atoms with Gasteiger partial charge in [-0.25, -0.2) is 4.79 Å².